The van der Waals surface area contributed by atoms with Gasteiger partial charge in [0, 0.05) is 12.7 Å². The van der Waals surface area contributed by atoms with Crippen LogP contribution in [0.2, 0.25) is 0 Å². The predicted molar refractivity (Wildman–Crippen MR) is 76.6 cm³/mol. The molecule has 2 rings (SSSR count). The second-order valence-corrected chi connectivity index (χ2v) is 7.62. The first-order chi connectivity index (χ1) is 11.1. The Kier molecular flexibility index (Phi) is 5.00. The molecule has 1 aromatic carbocycles. The molecule has 0 spiro atoms. The summed E-state index contributed by atoms with van der Waals surface area (Å²) in [7, 11) is -3.95. The summed E-state index contributed by atoms with van der Waals surface area (Å²) in [6.07, 6.45) is -5.26. The first-order valence-electron chi connectivity index (χ1n) is 6.92. The van der Waals surface area contributed by atoms with Crippen LogP contribution in [-0.2, 0) is 14.8 Å². The molecule has 10 heteroatoms. The number of carbonyl (C=O) groups is 2. The van der Waals surface area contributed by atoms with Crippen molar-refractivity contribution in [2.24, 2.45) is 0 Å². The molecule has 6 nitrogen and oxygen atoms in total. The van der Waals surface area contributed by atoms with Gasteiger partial charge in [-0.2, -0.15) is 8.78 Å². The molecule has 0 radical (unpaired) electrons. The first-order valence-corrected chi connectivity index (χ1v) is 8.87. The van der Waals surface area contributed by atoms with Crippen LogP contribution in [-0.4, -0.2) is 42.9 Å². The maximum absolute atomic E-state index is 12.8. The second-order valence-electron chi connectivity index (χ2n) is 5.42. The fraction of sp³-hybridized carbons (Fsp3) is 0.429. The number of halogens is 3. The van der Waals surface area contributed by atoms with E-state index in [1.165, 1.54) is 24.3 Å². The van der Waals surface area contributed by atoms with Crippen molar-refractivity contribution in [3.05, 3.63) is 35.4 Å². The molecule has 1 unspecified atom stereocenters. The lowest BCUT2D eigenvalue weighted by Gasteiger charge is -2.25. The van der Waals surface area contributed by atoms with Crippen LogP contribution in [0.25, 0.3) is 0 Å². The number of nitrogens with zero attached hydrogens (tertiary/aromatic N) is 1. The third-order valence-corrected chi connectivity index (χ3v) is 5.07. The molecule has 1 atom stereocenters. The van der Waals surface area contributed by atoms with E-state index in [1.54, 1.807) is 0 Å². The van der Waals surface area contributed by atoms with Gasteiger partial charge in [0.1, 0.15) is 5.37 Å². The SMILES string of the molecule is CS(=O)(=O)C(CCCC(F)(F)OF)N1C(=O)c2ccccc2C1=O. The molecule has 132 valence electrons. The standard InChI is InChI=1S/C14H14F3NO5S/c1-24(21,22)11(7-4-8-14(15,16)23-17)18-12(19)9-5-2-3-6-10(9)13(18)20/h2-3,5-6,11H,4,7-8H2,1H3. The van der Waals surface area contributed by atoms with Gasteiger partial charge in [0.2, 0.25) is 0 Å². The number of amides is 2. The van der Waals surface area contributed by atoms with Crippen LogP contribution in [0.3, 0.4) is 0 Å². The summed E-state index contributed by atoms with van der Waals surface area (Å²) in [5, 5.41) is -1.61. The molecule has 2 amide bonds. The summed E-state index contributed by atoms with van der Waals surface area (Å²) in [6, 6.07) is 5.78. The highest BCUT2D eigenvalue weighted by atomic mass is 32.2. The minimum atomic E-state index is -4.05. The Morgan fingerprint density at radius 1 is 1.17 bits per heavy atom. The van der Waals surface area contributed by atoms with Crippen LogP contribution in [0.4, 0.5) is 13.3 Å². The molecule has 0 N–H and O–H groups in total. The summed E-state index contributed by atoms with van der Waals surface area (Å²) < 4.78 is 61.0. The van der Waals surface area contributed by atoms with E-state index in [0.29, 0.717) is 4.90 Å². The van der Waals surface area contributed by atoms with Crippen LogP contribution in [0.1, 0.15) is 40.0 Å². The molecule has 1 aliphatic heterocycles. The Bertz CT molecular complexity index is 730. The largest absolute Gasteiger partial charge is 0.386 e. The van der Waals surface area contributed by atoms with E-state index < -0.39 is 52.4 Å². The van der Waals surface area contributed by atoms with Crippen LogP contribution in [0.5, 0.6) is 0 Å². The molecule has 24 heavy (non-hydrogen) atoms. The van der Waals surface area contributed by atoms with Gasteiger partial charge >= 0.3 is 6.11 Å². The number of fused-ring (bicyclic) bond motifs is 1. The minimum absolute atomic E-state index is 0.0496. The van der Waals surface area contributed by atoms with Crippen molar-refractivity contribution >= 4 is 21.7 Å². The van der Waals surface area contributed by atoms with Crippen molar-refractivity contribution in [2.75, 3.05) is 6.26 Å². The predicted octanol–water partition coefficient (Wildman–Crippen LogP) is 2.32. The van der Waals surface area contributed by atoms with Gasteiger partial charge in [-0.1, -0.05) is 12.1 Å². The van der Waals surface area contributed by atoms with Gasteiger partial charge in [0.15, 0.2) is 9.84 Å². The smallest absolute Gasteiger partial charge is 0.269 e. The molecule has 0 aromatic heterocycles. The zero-order valence-electron chi connectivity index (χ0n) is 12.5. The lowest BCUT2D eigenvalue weighted by atomic mass is 10.1. The van der Waals surface area contributed by atoms with Crippen LogP contribution in [0.15, 0.2) is 24.3 Å². The van der Waals surface area contributed by atoms with Crippen molar-refractivity contribution < 1.29 is 36.3 Å². The first kappa shape index (κ1) is 18.4. The average molecular weight is 365 g/mol. The molecule has 0 aliphatic carbocycles. The summed E-state index contributed by atoms with van der Waals surface area (Å²) in [4.78, 5) is 27.7. The molecule has 1 aliphatic rings. The van der Waals surface area contributed by atoms with E-state index in [1.807, 2.05) is 0 Å². The number of rotatable bonds is 7. The van der Waals surface area contributed by atoms with E-state index in [0.717, 1.165) is 6.26 Å². The van der Waals surface area contributed by atoms with E-state index in [4.69, 9.17) is 0 Å². The van der Waals surface area contributed by atoms with E-state index >= 15 is 0 Å². The number of benzene rings is 1. The maximum atomic E-state index is 12.8. The number of hydrogen-bond acceptors (Lipinski definition) is 5. The highest BCUT2D eigenvalue weighted by molar-refractivity contribution is 7.91. The lowest BCUT2D eigenvalue weighted by Crippen LogP contribution is -2.44. The summed E-state index contributed by atoms with van der Waals surface area (Å²) in [5.74, 6) is -1.61. The Hall–Kier alpha value is -1.94. The number of hydrogen-bond donors (Lipinski definition) is 0. The van der Waals surface area contributed by atoms with Crippen molar-refractivity contribution in [1.82, 2.24) is 4.90 Å². The Morgan fingerprint density at radius 3 is 2.08 bits per heavy atom. The van der Waals surface area contributed by atoms with Gasteiger partial charge < -0.3 is 0 Å². The normalized spacial score (nSPS) is 16.4. The van der Waals surface area contributed by atoms with E-state index in [9.17, 15) is 31.3 Å². The lowest BCUT2D eigenvalue weighted by molar-refractivity contribution is -0.356. The molecule has 1 aromatic rings. The Labute approximate surface area is 136 Å². The molecule has 0 bridgehead atoms. The molecule has 0 saturated heterocycles. The van der Waals surface area contributed by atoms with Gasteiger partial charge in [-0.25, -0.2) is 8.42 Å². The number of imide groups is 1. The Balaban J connectivity index is 2.25. The Morgan fingerprint density at radius 2 is 1.67 bits per heavy atom. The second kappa shape index (κ2) is 6.52. The van der Waals surface area contributed by atoms with Crippen LogP contribution in [0, 0.1) is 0 Å². The maximum Gasteiger partial charge on any atom is 0.386 e. The van der Waals surface area contributed by atoms with Crippen molar-refractivity contribution in [3.63, 3.8) is 0 Å². The molecule has 0 saturated carbocycles. The fourth-order valence-electron chi connectivity index (χ4n) is 2.53. The molecular formula is C14H14F3NO5S. The zero-order valence-corrected chi connectivity index (χ0v) is 13.4. The van der Waals surface area contributed by atoms with Gasteiger partial charge in [0.25, 0.3) is 11.8 Å². The number of carbonyl (C=O) groups excluding carboxylic acids is 2. The summed E-state index contributed by atoms with van der Waals surface area (Å²) in [6.45, 7) is 0. The highest BCUT2D eigenvalue weighted by Crippen LogP contribution is 2.30. The van der Waals surface area contributed by atoms with Gasteiger partial charge in [-0.15, -0.1) is 4.94 Å². The van der Waals surface area contributed by atoms with Crippen molar-refractivity contribution in [1.29, 1.82) is 0 Å². The van der Waals surface area contributed by atoms with Crippen molar-refractivity contribution in [3.8, 4) is 0 Å². The fourth-order valence-corrected chi connectivity index (χ4v) is 3.69. The minimum Gasteiger partial charge on any atom is -0.269 e. The summed E-state index contributed by atoms with van der Waals surface area (Å²) >= 11 is 0. The average Bonchev–Trinajstić information content (AvgIpc) is 2.75. The quantitative estimate of drug-likeness (QED) is 0.693. The highest BCUT2D eigenvalue weighted by Gasteiger charge is 2.44. The number of sulfone groups is 1. The van der Waals surface area contributed by atoms with Crippen molar-refractivity contribution in [2.45, 2.75) is 30.7 Å². The van der Waals surface area contributed by atoms with Crippen LogP contribution < -0.4 is 0 Å². The van der Waals surface area contributed by atoms with Crippen LogP contribution >= 0.6 is 0 Å². The third kappa shape index (κ3) is 3.59. The number of alkyl halides is 2. The van der Waals surface area contributed by atoms with Gasteiger partial charge in [-0.05, 0) is 29.5 Å². The van der Waals surface area contributed by atoms with E-state index in [-0.39, 0.29) is 11.1 Å². The topological polar surface area (TPSA) is 80.8 Å². The van der Waals surface area contributed by atoms with Gasteiger partial charge in [0.05, 0.1) is 11.1 Å². The summed E-state index contributed by atoms with van der Waals surface area (Å²) in [5.41, 5.74) is 0.0992. The van der Waals surface area contributed by atoms with Gasteiger partial charge in [-0.3, -0.25) is 14.5 Å². The molecule has 1 heterocycles. The molecule has 0 fully saturated rings. The third-order valence-electron chi connectivity index (χ3n) is 3.64. The molecular weight excluding hydrogens is 351 g/mol. The zero-order chi connectivity index (χ0) is 18.1. The monoisotopic (exact) mass is 365 g/mol. The van der Waals surface area contributed by atoms with E-state index in [2.05, 4.69) is 4.94 Å².